The molecule has 0 N–H and O–H groups in total. The molecule has 1 saturated heterocycles. The minimum Gasteiger partial charge on any atom is -0.609 e. The van der Waals surface area contributed by atoms with E-state index in [0.29, 0.717) is 34.9 Å². The fraction of sp³-hybridized carbons (Fsp3) is 0.333. The van der Waals surface area contributed by atoms with E-state index in [1.165, 1.54) is 6.07 Å². The zero-order chi connectivity index (χ0) is 22.8. The molecule has 0 unspecified atom stereocenters. The SMILES string of the molecule is COc1cnc(N2CCC(COc3ccc(-c4ccc5c(c4)OC[S@+]5[O-])cc3F)CC2)nc1. The van der Waals surface area contributed by atoms with Gasteiger partial charge in [0.2, 0.25) is 5.95 Å². The summed E-state index contributed by atoms with van der Waals surface area (Å²) in [5, 5.41) is 0. The molecule has 5 rings (SSSR count). The van der Waals surface area contributed by atoms with Gasteiger partial charge >= 0.3 is 0 Å². The quantitative estimate of drug-likeness (QED) is 0.504. The van der Waals surface area contributed by atoms with Crippen molar-refractivity contribution in [1.29, 1.82) is 0 Å². The maximum Gasteiger partial charge on any atom is 0.250 e. The lowest BCUT2D eigenvalue weighted by atomic mass is 9.98. The fourth-order valence-corrected chi connectivity index (χ4v) is 4.97. The second-order valence-corrected chi connectivity index (χ2v) is 9.45. The monoisotopic (exact) mass is 469 g/mol. The molecule has 0 spiro atoms. The first-order valence-corrected chi connectivity index (χ1v) is 12.1. The van der Waals surface area contributed by atoms with Gasteiger partial charge in [-0.25, -0.2) is 14.4 Å². The van der Waals surface area contributed by atoms with Crippen molar-refractivity contribution in [2.75, 3.05) is 37.6 Å². The van der Waals surface area contributed by atoms with Crippen molar-refractivity contribution in [2.45, 2.75) is 17.7 Å². The Labute approximate surface area is 194 Å². The van der Waals surface area contributed by atoms with Gasteiger partial charge in [0.25, 0.3) is 5.94 Å². The number of methoxy groups -OCH3 is 1. The molecule has 0 radical (unpaired) electrons. The smallest absolute Gasteiger partial charge is 0.250 e. The van der Waals surface area contributed by atoms with E-state index in [2.05, 4.69) is 14.9 Å². The molecule has 9 heteroatoms. The van der Waals surface area contributed by atoms with Gasteiger partial charge in [0.15, 0.2) is 28.0 Å². The van der Waals surface area contributed by atoms with Gasteiger partial charge < -0.3 is 23.7 Å². The van der Waals surface area contributed by atoms with E-state index in [1.807, 2.05) is 12.1 Å². The summed E-state index contributed by atoms with van der Waals surface area (Å²) < 4.78 is 42.9. The van der Waals surface area contributed by atoms with Crippen molar-refractivity contribution in [3.05, 3.63) is 54.6 Å². The van der Waals surface area contributed by atoms with Crippen LogP contribution in [0.1, 0.15) is 12.8 Å². The van der Waals surface area contributed by atoms with Crippen LogP contribution < -0.4 is 19.1 Å². The lowest BCUT2D eigenvalue weighted by Crippen LogP contribution is -2.36. The first kappa shape index (κ1) is 21.8. The summed E-state index contributed by atoms with van der Waals surface area (Å²) in [4.78, 5) is 11.5. The number of rotatable bonds is 6. The van der Waals surface area contributed by atoms with E-state index in [1.54, 1.807) is 37.7 Å². The van der Waals surface area contributed by atoms with Crippen LogP contribution in [0, 0.1) is 11.7 Å². The van der Waals surface area contributed by atoms with Crippen molar-refractivity contribution >= 4 is 17.1 Å². The fourth-order valence-electron chi connectivity index (χ4n) is 4.05. The molecule has 0 aliphatic carbocycles. The minimum atomic E-state index is -1.12. The second-order valence-electron chi connectivity index (χ2n) is 8.08. The Bertz CT molecular complexity index is 1120. The Balaban J connectivity index is 1.16. The molecule has 3 heterocycles. The third kappa shape index (κ3) is 4.69. The maximum absolute atomic E-state index is 14.7. The summed E-state index contributed by atoms with van der Waals surface area (Å²) in [6.45, 7) is 2.12. The summed E-state index contributed by atoms with van der Waals surface area (Å²) in [5.41, 5.74) is 1.53. The average molecular weight is 470 g/mol. The van der Waals surface area contributed by atoms with Gasteiger partial charge in [-0.3, -0.25) is 0 Å². The average Bonchev–Trinajstić information content (AvgIpc) is 3.23. The van der Waals surface area contributed by atoms with Crippen molar-refractivity contribution in [1.82, 2.24) is 9.97 Å². The molecule has 33 heavy (non-hydrogen) atoms. The van der Waals surface area contributed by atoms with Crippen LogP contribution in [0.3, 0.4) is 0 Å². The number of nitrogens with zero attached hydrogens (tertiary/aromatic N) is 3. The molecule has 1 fully saturated rings. The number of halogens is 1. The summed E-state index contributed by atoms with van der Waals surface area (Å²) in [5.74, 6) is 2.29. The standard InChI is InChI=1S/C24H24FN3O4S/c1-30-19-12-26-24(27-13-19)28-8-6-16(7-9-28)14-31-21-4-2-17(10-20(21)25)18-3-5-23-22(11-18)32-15-33(23)29/h2-5,10-13,16H,6-9,14-15H2,1H3/t33-/m0/s1. The number of benzene rings is 2. The van der Waals surface area contributed by atoms with Crippen molar-refractivity contribution in [2.24, 2.45) is 5.92 Å². The van der Waals surface area contributed by atoms with Crippen LogP contribution in [-0.2, 0) is 11.2 Å². The van der Waals surface area contributed by atoms with E-state index in [-0.39, 0.29) is 11.7 Å². The second kappa shape index (κ2) is 9.44. The zero-order valence-corrected chi connectivity index (χ0v) is 19.0. The molecule has 3 aromatic rings. The molecule has 1 aromatic heterocycles. The van der Waals surface area contributed by atoms with Gasteiger partial charge in [-0.15, -0.1) is 0 Å². The molecule has 7 nitrogen and oxygen atoms in total. The third-order valence-electron chi connectivity index (χ3n) is 6.00. The summed E-state index contributed by atoms with van der Waals surface area (Å²) in [6.07, 6.45) is 5.18. The van der Waals surface area contributed by atoms with Crippen LogP contribution in [0.25, 0.3) is 11.1 Å². The maximum atomic E-state index is 14.7. The minimum absolute atomic E-state index is 0.173. The number of aromatic nitrogens is 2. The Kier molecular flexibility index (Phi) is 6.24. The molecule has 2 aliphatic rings. The summed E-state index contributed by atoms with van der Waals surface area (Å²) in [7, 11) is 1.59. The van der Waals surface area contributed by atoms with Gasteiger partial charge in [0.05, 0.1) is 26.1 Å². The molecule has 0 saturated carbocycles. The summed E-state index contributed by atoms with van der Waals surface area (Å²) in [6, 6.07) is 10.4. The molecule has 2 aliphatic heterocycles. The van der Waals surface area contributed by atoms with E-state index >= 15 is 0 Å². The first-order valence-electron chi connectivity index (χ1n) is 10.8. The Morgan fingerprint density at radius 3 is 2.58 bits per heavy atom. The van der Waals surface area contributed by atoms with Gasteiger partial charge in [-0.1, -0.05) is 6.07 Å². The number of anilines is 1. The van der Waals surface area contributed by atoms with Crippen molar-refractivity contribution in [3.63, 3.8) is 0 Å². The molecule has 0 amide bonds. The highest BCUT2D eigenvalue weighted by molar-refractivity contribution is 7.91. The summed E-state index contributed by atoms with van der Waals surface area (Å²) >= 11 is -1.12. The lowest BCUT2D eigenvalue weighted by molar-refractivity contribution is 0.215. The lowest BCUT2D eigenvalue weighted by Gasteiger charge is -2.31. The topological polar surface area (TPSA) is 79.8 Å². The number of hydrogen-bond donors (Lipinski definition) is 0. The van der Waals surface area contributed by atoms with Crippen LogP contribution in [0.15, 0.2) is 53.7 Å². The number of ether oxygens (including phenoxy) is 3. The molecule has 1 atom stereocenters. The van der Waals surface area contributed by atoms with Crippen LogP contribution in [0.2, 0.25) is 0 Å². The highest BCUT2D eigenvalue weighted by Gasteiger charge is 2.26. The molecule has 0 bridgehead atoms. The van der Waals surface area contributed by atoms with Crippen LogP contribution in [0.4, 0.5) is 10.3 Å². The van der Waals surface area contributed by atoms with Crippen LogP contribution in [0.5, 0.6) is 17.2 Å². The number of piperidine rings is 1. The predicted octanol–water partition coefficient (Wildman–Crippen LogP) is 4.04. The third-order valence-corrected chi connectivity index (χ3v) is 7.16. The largest absolute Gasteiger partial charge is 0.609 e. The highest BCUT2D eigenvalue weighted by atomic mass is 32.2. The van der Waals surface area contributed by atoms with Gasteiger partial charge in [-0.05, 0) is 60.2 Å². The number of hydrogen-bond acceptors (Lipinski definition) is 7. The Hall–Kier alpha value is -3.04. The van der Waals surface area contributed by atoms with Crippen LogP contribution in [-0.4, -0.2) is 47.3 Å². The van der Waals surface area contributed by atoms with Crippen molar-refractivity contribution < 1.29 is 23.2 Å². The Morgan fingerprint density at radius 2 is 1.85 bits per heavy atom. The zero-order valence-electron chi connectivity index (χ0n) is 18.2. The first-order chi connectivity index (χ1) is 16.1. The normalized spacial score (nSPS) is 18.0. The molecule has 2 aromatic carbocycles. The molecule has 172 valence electrons. The van der Waals surface area contributed by atoms with Gasteiger partial charge in [0.1, 0.15) is 0 Å². The number of fused-ring (bicyclic) bond motifs is 1. The van der Waals surface area contributed by atoms with E-state index in [9.17, 15) is 8.94 Å². The van der Waals surface area contributed by atoms with Crippen molar-refractivity contribution in [3.8, 4) is 28.4 Å². The van der Waals surface area contributed by atoms with E-state index in [4.69, 9.17) is 14.2 Å². The van der Waals surface area contributed by atoms with E-state index in [0.717, 1.165) is 37.1 Å². The Morgan fingerprint density at radius 1 is 1.12 bits per heavy atom. The molecular formula is C24H24FN3O4S. The predicted molar refractivity (Wildman–Crippen MR) is 123 cm³/mol. The van der Waals surface area contributed by atoms with Gasteiger partial charge in [0, 0.05) is 24.3 Å². The molecular weight excluding hydrogens is 445 g/mol. The van der Waals surface area contributed by atoms with E-state index < -0.39 is 17.0 Å². The highest BCUT2D eigenvalue weighted by Crippen LogP contribution is 2.36. The van der Waals surface area contributed by atoms with Crippen LogP contribution >= 0.6 is 0 Å². The van der Waals surface area contributed by atoms with Gasteiger partial charge in [-0.2, -0.15) is 0 Å².